The normalized spacial score (nSPS) is 11.5. The van der Waals surface area contributed by atoms with Gasteiger partial charge in [-0.15, -0.1) is 0 Å². The number of nitrogens with zero attached hydrogens (tertiary/aromatic N) is 4. The first-order chi connectivity index (χ1) is 7.95. The van der Waals surface area contributed by atoms with Crippen molar-refractivity contribution in [1.82, 2.24) is 19.7 Å². The maximum absolute atomic E-state index is 12.2. The van der Waals surface area contributed by atoms with Crippen molar-refractivity contribution in [3.8, 4) is 0 Å². The lowest BCUT2D eigenvalue weighted by Crippen LogP contribution is -2.07. The predicted octanol–water partition coefficient (Wildman–Crippen LogP) is 1.97. The van der Waals surface area contributed by atoms with Gasteiger partial charge in [0.1, 0.15) is 0 Å². The summed E-state index contributed by atoms with van der Waals surface area (Å²) in [4.78, 5) is 7.14. The van der Waals surface area contributed by atoms with E-state index in [0.29, 0.717) is 5.69 Å². The van der Waals surface area contributed by atoms with Crippen LogP contribution in [0.15, 0.2) is 24.8 Å². The minimum absolute atomic E-state index is 0.0889. The van der Waals surface area contributed by atoms with Gasteiger partial charge in [-0.1, -0.05) is 0 Å². The zero-order valence-electron chi connectivity index (χ0n) is 8.73. The number of nitrogens with one attached hydrogen (secondary N) is 1. The van der Waals surface area contributed by atoms with E-state index in [2.05, 4.69) is 20.4 Å². The fraction of sp³-hybridized carbons (Fsp3) is 0.222. The average Bonchev–Trinajstić information content (AvgIpc) is 2.63. The van der Waals surface area contributed by atoms with E-state index in [1.807, 2.05) is 0 Å². The van der Waals surface area contributed by atoms with Gasteiger partial charge in [0, 0.05) is 25.6 Å². The molecule has 0 unspecified atom stereocenters. The van der Waals surface area contributed by atoms with Gasteiger partial charge in [-0.25, -0.2) is 9.97 Å². The first-order valence-corrected chi connectivity index (χ1v) is 4.60. The van der Waals surface area contributed by atoms with Crippen molar-refractivity contribution < 1.29 is 13.2 Å². The summed E-state index contributed by atoms with van der Waals surface area (Å²) in [5.41, 5.74) is -0.276. The van der Waals surface area contributed by atoms with Gasteiger partial charge < -0.3 is 5.32 Å². The summed E-state index contributed by atoms with van der Waals surface area (Å²) in [7, 11) is 1.72. The molecule has 0 aliphatic carbocycles. The monoisotopic (exact) mass is 243 g/mol. The van der Waals surface area contributed by atoms with Gasteiger partial charge in [0.2, 0.25) is 5.95 Å². The van der Waals surface area contributed by atoms with Gasteiger partial charge in [-0.05, 0) is 0 Å². The quantitative estimate of drug-likeness (QED) is 0.876. The van der Waals surface area contributed by atoms with E-state index in [4.69, 9.17) is 0 Å². The Labute approximate surface area is 94.3 Å². The molecule has 8 heteroatoms. The highest BCUT2D eigenvalue weighted by Gasteiger charge is 2.31. The second kappa shape index (κ2) is 4.04. The van der Waals surface area contributed by atoms with E-state index in [-0.39, 0.29) is 5.95 Å². The Morgan fingerprint density at radius 2 is 1.82 bits per heavy atom. The van der Waals surface area contributed by atoms with Gasteiger partial charge >= 0.3 is 6.18 Å². The summed E-state index contributed by atoms with van der Waals surface area (Å²) in [5, 5.41) is 6.62. The second-order valence-electron chi connectivity index (χ2n) is 3.32. The zero-order chi connectivity index (χ0) is 12.5. The molecule has 2 heterocycles. The van der Waals surface area contributed by atoms with Crippen molar-refractivity contribution in [2.75, 3.05) is 5.32 Å². The van der Waals surface area contributed by atoms with E-state index in [9.17, 15) is 13.2 Å². The number of halogens is 3. The third kappa shape index (κ3) is 2.71. The highest BCUT2D eigenvalue weighted by molar-refractivity contribution is 5.49. The van der Waals surface area contributed by atoms with Crippen molar-refractivity contribution in [2.45, 2.75) is 6.18 Å². The fourth-order valence-corrected chi connectivity index (χ4v) is 1.15. The van der Waals surface area contributed by atoms with E-state index >= 15 is 0 Å². The van der Waals surface area contributed by atoms with Crippen LogP contribution in [0.5, 0.6) is 0 Å². The highest BCUT2D eigenvalue weighted by Crippen LogP contribution is 2.28. The third-order valence-electron chi connectivity index (χ3n) is 1.94. The maximum Gasteiger partial charge on any atom is 0.419 e. The van der Waals surface area contributed by atoms with E-state index in [1.54, 1.807) is 17.9 Å². The molecule has 0 amide bonds. The SMILES string of the molecule is Cn1cc(Nc2ncc(C(F)(F)F)cn2)cn1. The molecular formula is C9H8F3N5. The Kier molecular flexibility index (Phi) is 2.70. The molecule has 0 saturated heterocycles. The fourth-order valence-electron chi connectivity index (χ4n) is 1.15. The zero-order valence-corrected chi connectivity index (χ0v) is 8.73. The van der Waals surface area contributed by atoms with Crippen LogP contribution < -0.4 is 5.32 Å². The third-order valence-corrected chi connectivity index (χ3v) is 1.94. The number of anilines is 2. The van der Waals surface area contributed by atoms with Crippen LogP contribution in [0.3, 0.4) is 0 Å². The minimum atomic E-state index is -4.42. The summed E-state index contributed by atoms with van der Waals surface area (Å²) in [6.45, 7) is 0. The number of aryl methyl sites for hydroxylation is 1. The molecule has 2 rings (SSSR count). The Morgan fingerprint density at radius 3 is 2.29 bits per heavy atom. The molecule has 0 atom stereocenters. The number of hydrogen-bond acceptors (Lipinski definition) is 4. The van der Waals surface area contributed by atoms with Crippen molar-refractivity contribution >= 4 is 11.6 Å². The smallest absolute Gasteiger partial charge is 0.321 e. The first-order valence-electron chi connectivity index (χ1n) is 4.60. The van der Waals surface area contributed by atoms with Crippen molar-refractivity contribution in [3.05, 3.63) is 30.4 Å². The topological polar surface area (TPSA) is 55.6 Å². The second-order valence-corrected chi connectivity index (χ2v) is 3.32. The van der Waals surface area contributed by atoms with Crippen LogP contribution in [0.25, 0.3) is 0 Å². The lowest BCUT2D eigenvalue weighted by atomic mass is 10.3. The van der Waals surface area contributed by atoms with Crippen LogP contribution in [-0.2, 0) is 13.2 Å². The largest absolute Gasteiger partial charge is 0.419 e. The number of alkyl halides is 3. The van der Waals surface area contributed by atoms with Crippen LogP contribution in [-0.4, -0.2) is 19.7 Å². The van der Waals surface area contributed by atoms with Crippen LogP contribution in [0.4, 0.5) is 24.8 Å². The summed E-state index contributed by atoms with van der Waals surface area (Å²) < 4.78 is 38.3. The van der Waals surface area contributed by atoms with Crippen LogP contribution in [0.2, 0.25) is 0 Å². The molecule has 2 aromatic rings. The lowest BCUT2D eigenvalue weighted by Gasteiger charge is -2.06. The molecule has 0 aliphatic rings. The van der Waals surface area contributed by atoms with Crippen LogP contribution >= 0.6 is 0 Å². The summed E-state index contributed by atoms with van der Waals surface area (Å²) >= 11 is 0. The Hall–Kier alpha value is -2.12. The lowest BCUT2D eigenvalue weighted by molar-refractivity contribution is -0.138. The molecular weight excluding hydrogens is 235 g/mol. The Balaban J connectivity index is 2.13. The molecule has 1 N–H and O–H groups in total. The maximum atomic E-state index is 12.2. The standard InChI is InChI=1S/C9H8F3N5/c1-17-5-7(4-15-17)16-8-13-2-6(3-14-8)9(10,11)12/h2-5H,1H3,(H,13,14,16). The van der Waals surface area contributed by atoms with Crippen LogP contribution in [0.1, 0.15) is 5.56 Å². The molecule has 0 saturated carbocycles. The van der Waals surface area contributed by atoms with E-state index in [0.717, 1.165) is 12.4 Å². The summed E-state index contributed by atoms with van der Waals surface area (Å²) in [6, 6.07) is 0. The van der Waals surface area contributed by atoms with Gasteiger partial charge in [0.15, 0.2) is 0 Å². The van der Waals surface area contributed by atoms with Crippen molar-refractivity contribution in [1.29, 1.82) is 0 Å². The van der Waals surface area contributed by atoms with Gasteiger partial charge in [-0.2, -0.15) is 18.3 Å². The van der Waals surface area contributed by atoms with Gasteiger partial charge in [0.05, 0.1) is 17.4 Å². The van der Waals surface area contributed by atoms with E-state index in [1.165, 1.54) is 6.20 Å². The Morgan fingerprint density at radius 1 is 1.18 bits per heavy atom. The molecule has 0 bridgehead atoms. The van der Waals surface area contributed by atoms with Crippen molar-refractivity contribution in [2.24, 2.45) is 7.05 Å². The Bertz CT molecular complexity index is 502. The predicted molar refractivity (Wildman–Crippen MR) is 53.5 cm³/mol. The van der Waals surface area contributed by atoms with Crippen molar-refractivity contribution in [3.63, 3.8) is 0 Å². The minimum Gasteiger partial charge on any atom is -0.321 e. The van der Waals surface area contributed by atoms with Gasteiger partial charge in [-0.3, -0.25) is 4.68 Å². The molecule has 90 valence electrons. The first kappa shape index (κ1) is 11.4. The molecule has 17 heavy (non-hydrogen) atoms. The molecule has 0 aromatic carbocycles. The number of aromatic nitrogens is 4. The molecule has 0 radical (unpaired) electrons. The molecule has 2 aromatic heterocycles. The van der Waals surface area contributed by atoms with Crippen LogP contribution in [0, 0.1) is 0 Å². The molecule has 0 spiro atoms. The van der Waals surface area contributed by atoms with E-state index < -0.39 is 11.7 Å². The molecule has 0 aliphatic heterocycles. The average molecular weight is 243 g/mol. The number of hydrogen-bond donors (Lipinski definition) is 1. The molecule has 0 fully saturated rings. The summed E-state index contributed by atoms with van der Waals surface area (Å²) in [6.07, 6.45) is 0.201. The molecule has 5 nitrogen and oxygen atoms in total. The van der Waals surface area contributed by atoms with Gasteiger partial charge in [0.25, 0.3) is 0 Å². The highest BCUT2D eigenvalue weighted by atomic mass is 19.4. The number of rotatable bonds is 2. The summed E-state index contributed by atoms with van der Waals surface area (Å²) in [5.74, 6) is 0.0889.